The van der Waals surface area contributed by atoms with E-state index in [0.29, 0.717) is 17.1 Å². The van der Waals surface area contributed by atoms with Crippen molar-refractivity contribution < 1.29 is 9.18 Å². The van der Waals surface area contributed by atoms with Crippen LogP contribution in [-0.2, 0) is 0 Å². The average Bonchev–Trinajstić information content (AvgIpc) is 2.57. The van der Waals surface area contributed by atoms with E-state index in [1.54, 1.807) is 30.5 Å². The summed E-state index contributed by atoms with van der Waals surface area (Å²) in [6.45, 7) is 1.92. The van der Waals surface area contributed by atoms with Gasteiger partial charge in [-0.15, -0.1) is 0 Å². The van der Waals surface area contributed by atoms with Crippen molar-refractivity contribution in [3.63, 3.8) is 0 Å². The number of nitrogens with one attached hydrogen (secondary N) is 2. The molecule has 120 valence electrons. The van der Waals surface area contributed by atoms with Gasteiger partial charge in [0, 0.05) is 17.6 Å². The Hall–Kier alpha value is -3.21. The molecule has 0 atom stereocenters. The van der Waals surface area contributed by atoms with Crippen molar-refractivity contribution in [1.29, 1.82) is 0 Å². The molecule has 2 aromatic carbocycles. The minimum atomic E-state index is -0.359. The summed E-state index contributed by atoms with van der Waals surface area (Å²) in [6, 6.07) is 16.9. The first kappa shape index (κ1) is 15.7. The molecule has 0 fully saturated rings. The van der Waals surface area contributed by atoms with Crippen LogP contribution in [-0.4, -0.2) is 10.9 Å². The summed E-state index contributed by atoms with van der Waals surface area (Å²) in [5, 5.41) is 5.85. The van der Waals surface area contributed by atoms with E-state index in [0.717, 1.165) is 11.3 Å². The van der Waals surface area contributed by atoms with Crippen LogP contribution in [0, 0.1) is 12.7 Å². The summed E-state index contributed by atoms with van der Waals surface area (Å²) in [6.07, 6.45) is 1.58. The van der Waals surface area contributed by atoms with Gasteiger partial charge >= 0.3 is 0 Å². The molecule has 0 saturated carbocycles. The average molecular weight is 321 g/mol. The van der Waals surface area contributed by atoms with E-state index in [-0.39, 0.29) is 11.7 Å². The molecule has 0 unspecified atom stereocenters. The third-order valence-electron chi connectivity index (χ3n) is 3.53. The fourth-order valence-corrected chi connectivity index (χ4v) is 2.29. The van der Waals surface area contributed by atoms with Crippen molar-refractivity contribution in [3.05, 3.63) is 83.8 Å². The Kier molecular flexibility index (Phi) is 4.52. The first-order valence-electron chi connectivity index (χ1n) is 7.48. The van der Waals surface area contributed by atoms with Crippen molar-refractivity contribution in [1.82, 2.24) is 4.98 Å². The lowest BCUT2D eigenvalue weighted by atomic mass is 10.1. The predicted octanol–water partition coefficient (Wildman–Crippen LogP) is 4.53. The summed E-state index contributed by atoms with van der Waals surface area (Å²) in [7, 11) is 0. The van der Waals surface area contributed by atoms with Gasteiger partial charge in [-0.3, -0.25) is 4.79 Å². The summed E-state index contributed by atoms with van der Waals surface area (Å²) >= 11 is 0. The number of para-hydroxylation sites is 1. The van der Waals surface area contributed by atoms with Crippen LogP contribution in [0.15, 0.2) is 66.9 Å². The van der Waals surface area contributed by atoms with E-state index in [2.05, 4.69) is 15.6 Å². The molecule has 1 heterocycles. The lowest BCUT2D eigenvalue weighted by molar-refractivity contribution is 0.102. The Morgan fingerprint density at radius 1 is 1.04 bits per heavy atom. The van der Waals surface area contributed by atoms with Crippen LogP contribution in [0.4, 0.5) is 21.6 Å². The highest BCUT2D eigenvalue weighted by atomic mass is 19.1. The van der Waals surface area contributed by atoms with Gasteiger partial charge in [0.05, 0.1) is 5.56 Å². The SMILES string of the molecule is Cc1ccccc1NC(=O)c1cccnc1Nc1cccc(F)c1. The van der Waals surface area contributed by atoms with Crippen molar-refractivity contribution >= 4 is 23.1 Å². The molecule has 0 aliphatic rings. The Balaban J connectivity index is 1.86. The van der Waals surface area contributed by atoms with Crippen LogP contribution in [0.2, 0.25) is 0 Å². The van der Waals surface area contributed by atoms with Crippen LogP contribution < -0.4 is 10.6 Å². The second-order valence-electron chi connectivity index (χ2n) is 5.30. The van der Waals surface area contributed by atoms with E-state index >= 15 is 0 Å². The molecule has 0 aliphatic carbocycles. The Morgan fingerprint density at radius 3 is 2.67 bits per heavy atom. The van der Waals surface area contributed by atoms with Crippen LogP contribution in [0.3, 0.4) is 0 Å². The summed E-state index contributed by atoms with van der Waals surface area (Å²) < 4.78 is 13.3. The van der Waals surface area contributed by atoms with Gasteiger partial charge in [-0.1, -0.05) is 24.3 Å². The lowest BCUT2D eigenvalue weighted by Crippen LogP contribution is -2.15. The molecular formula is C19H16FN3O. The molecule has 1 amide bonds. The van der Waals surface area contributed by atoms with Crippen LogP contribution in [0.5, 0.6) is 0 Å². The largest absolute Gasteiger partial charge is 0.339 e. The Morgan fingerprint density at radius 2 is 1.88 bits per heavy atom. The number of amides is 1. The summed E-state index contributed by atoms with van der Waals surface area (Å²) in [4.78, 5) is 16.8. The number of nitrogens with zero attached hydrogens (tertiary/aromatic N) is 1. The zero-order valence-corrected chi connectivity index (χ0v) is 13.1. The van der Waals surface area contributed by atoms with E-state index < -0.39 is 0 Å². The first-order chi connectivity index (χ1) is 11.6. The number of rotatable bonds is 4. The van der Waals surface area contributed by atoms with E-state index in [9.17, 15) is 9.18 Å². The molecule has 5 heteroatoms. The van der Waals surface area contributed by atoms with Crippen LogP contribution >= 0.6 is 0 Å². The summed E-state index contributed by atoms with van der Waals surface area (Å²) in [5.41, 5.74) is 2.61. The van der Waals surface area contributed by atoms with Crippen LogP contribution in [0.25, 0.3) is 0 Å². The number of pyridine rings is 1. The second-order valence-corrected chi connectivity index (χ2v) is 5.30. The second kappa shape index (κ2) is 6.91. The Bertz CT molecular complexity index is 880. The number of aromatic nitrogens is 1. The maximum Gasteiger partial charge on any atom is 0.259 e. The smallest absolute Gasteiger partial charge is 0.259 e. The molecule has 0 aliphatic heterocycles. The van der Waals surface area contributed by atoms with Crippen LogP contribution in [0.1, 0.15) is 15.9 Å². The highest BCUT2D eigenvalue weighted by Crippen LogP contribution is 2.21. The van der Waals surface area contributed by atoms with Crippen molar-refractivity contribution in [2.24, 2.45) is 0 Å². The van der Waals surface area contributed by atoms with Gasteiger partial charge in [-0.2, -0.15) is 0 Å². The quantitative estimate of drug-likeness (QED) is 0.742. The molecule has 24 heavy (non-hydrogen) atoms. The molecule has 2 N–H and O–H groups in total. The van der Waals surface area contributed by atoms with Gasteiger partial charge in [-0.05, 0) is 48.9 Å². The number of halogens is 1. The van der Waals surface area contributed by atoms with Crippen molar-refractivity contribution in [3.8, 4) is 0 Å². The normalized spacial score (nSPS) is 10.2. The van der Waals surface area contributed by atoms with E-state index in [1.807, 2.05) is 31.2 Å². The molecule has 3 rings (SSSR count). The molecule has 0 spiro atoms. The minimum absolute atomic E-state index is 0.281. The standard InChI is InChI=1S/C19H16FN3O/c1-13-6-2-3-10-17(13)23-19(24)16-9-5-11-21-18(16)22-15-8-4-7-14(20)12-15/h2-12H,1H3,(H,21,22)(H,23,24). The third-order valence-corrected chi connectivity index (χ3v) is 3.53. The van der Waals surface area contributed by atoms with Gasteiger partial charge in [-0.25, -0.2) is 9.37 Å². The van der Waals surface area contributed by atoms with Gasteiger partial charge in [0.2, 0.25) is 0 Å². The number of carbonyl (C=O) groups is 1. The molecule has 1 aromatic heterocycles. The molecular weight excluding hydrogens is 305 g/mol. The number of anilines is 3. The van der Waals surface area contributed by atoms with E-state index in [1.165, 1.54) is 12.1 Å². The van der Waals surface area contributed by atoms with Crippen molar-refractivity contribution in [2.75, 3.05) is 10.6 Å². The Labute approximate surface area is 139 Å². The molecule has 0 saturated heterocycles. The number of hydrogen-bond acceptors (Lipinski definition) is 3. The zero-order valence-electron chi connectivity index (χ0n) is 13.1. The topological polar surface area (TPSA) is 54.0 Å². The van der Waals surface area contributed by atoms with Gasteiger partial charge in [0.25, 0.3) is 5.91 Å². The van der Waals surface area contributed by atoms with Gasteiger partial charge in [0.15, 0.2) is 0 Å². The fraction of sp³-hybridized carbons (Fsp3) is 0.0526. The van der Waals surface area contributed by atoms with Gasteiger partial charge in [0.1, 0.15) is 11.6 Å². The highest BCUT2D eigenvalue weighted by Gasteiger charge is 2.13. The zero-order chi connectivity index (χ0) is 16.9. The third kappa shape index (κ3) is 3.57. The maximum absolute atomic E-state index is 13.3. The predicted molar refractivity (Wildman–Crippen MR) is 93.1 cm³/mol. The number of hydrogen-bond donors (Lipinski definition) is 2. The molecule has 0 bridgehead atoms. The minimum Gasteiger partial charge on any atom is -0.339 e. The monoisotopic (exact) mass is 321 g/mol. The van der Waals surface area contributed by atoms with Crippen molar-refractivity contribution in [2.45, 2.75) is 6.92 Å². The molecule has 4 nitrogen and oxygen atoms in total. The fourth-order valence-electron chi connectivity index (χ4n) is 2.29. The number of carbonyl (C=O) groups excluding carboxylic acids is 1. The number of benzene rings is 2. The highest BCUT2D eigenvalue weighted by molar-refractivity contribution is 6.08. The number of aryl methyl sites for hydroxylation is 1. The molecule has 0 radical (unpaired) electrons. The first-order valence-corrected chi connectivity index (χ1v) is 7.48. The molecule has 3 aromatic rings. The summed E-state index contributed by atoms with van der Waals surface area (Å²) in [5.74, 6) is -0.271. The lowest BCUT2D eigenvalue weighted by Gasteiger charge is -2.12. The van der Waals surface area contributed by atoms with Gasteiger partial charge < -0.3 is 10.6 Å². The maximum atomic E-state index is 13.3. The van der Waals surface area contributed by atoms with E-state index in [4.69, 9.17) is 0 Å².